The van der Waals surface area contributed by atoms with Gasteiger partial charge in [0.05, 0.1) is 30.0 Å². The van der Waals surface area contributed by atoms with Crippen molar-refractivity contribution in [2.45, 2.75) is 13.0 Å². The van der Waals surface area contributed by atoms with Gasteiger partial charge in [0.2, 0.25) is 0 Å². The fourth-order valence-corrected chi connectivity index (χ4v) is 3.69. The van der Waals surface area contributed by atoms with E-state index in [1.807, 2.05) is 6.07 Å². The number of halogens is 1. The van der Waals surface area contributed by atoms with Gasteiger partial charge in [0, 0.05) is 17.4 Å². The van der Waals surface area contributed by atoms with Gasteiger partial charge < -0.3 is 10.1 Å². The third kappa shape index (κ3) is 2.83. The van der Waals surface area contributed by atoms with Crippen molar-refractivity contribution in [2.24, 2.45) is 0 Å². The summed E-state index contributed by atoms with van der Waals surface area (Å²) >= 11 is 1.49. The summed E-state index contributed by atoms with van der Waals surface area (Å²) in [5.74, 6) is -0.0630. The molecular weight excluding hydrogens is 329 g/mol. The van der Waals surface area contributed by atoms with Crippen LogP contribution in [0.1, 0.15) is 20.1 Å². The van der Waals surface area contributed by atoms with Crippen molar-refractivity contribution >= 4 is 23.1 Å². The Hall–Kier alpha value is -2.51. The Morgan fingerprint density at radius 1 is 1.33 bits per heavy atom. The molecule has 1 amide bonds. The number of fused-ring (bicyclic) bond motifs is 1. The number of ether oxygens (including phenoxy) is 1. The number of anilines is 1. The number of benzene rings is 1. The lowest BCUT2D eigenvalue weighted by atomic mass is 10.2. The number of hydrogen-bond acceptors (Lipinski definition) is 4. The molecule has 0 spiro atoms. The van der Waals surface area contributed by atoms with Crippen molar-refractivity contribution in [2.75, 3.05) is 11.9 Å². The first-order valence-corrected chi connectivity index (χ1v) is 8.33. The minimum atomic E-state index is -0.355. The summed E-state index contributed by atoms with van der Waals surface area (Å²) < 4.78 is 20.3. The zero-order valence-corrected chi connectivity index (χ0v) is 13.5. The topological polar surface area (TPSA) is 56.2 Å². The number of nitrogens with one attached hydrogen (secondary N) is 1. The summed E-state index contributed by atoms with van der Waals surface area (Å²) in [5, 5.41) is 7.00. The summed E-state index contributed by atoms with van der Waals surface area (Å²) in [5.41, 5.74) is 1.63. The van der Waals surface area contributed by atoms with E-state index < -0.39 is 0 Å². The van der Waals surface area contributed by atoms with Crippen LogP contribution in [0.25, 0.3) is 5.69 Å². The standard InChI is InChI=1S/C17H14FN3O2S/c18-12-2-1-3-13(9-12)21-16(4-6-19-21)20-17(22)15-8-11-10-23-7-5-14(11)24-15/h1-4,6,8-9H,5,7,10H2,(H,20,22). The van der Waals surface area contributed by atoms with Crippen molar-refractivity contribution in [3.63, 3.8) is 0 Å². The minimum absolute atomic E-state index is 0.201. The summed E-state index contributed by atoms with van der Waals surface area (Å²) in [6, 6.07) is 9.61. The Bertz CT molecular complexity index is 879. The van der Waals surface area contributed by atoms with Crippen LogP contribution in [0.15, 0.2) is 42.6 Å². The van der Waals surface area contributed by atoms with Crippen LogP contribution in [0, 0.1) is 5.82 Å². The Kier molecular flexibility index (Phi) is 3.87. The van der Waals surface area contributed by atoms with Gasteiger partial charge in [-0.25, -0.2) is 9.07 Å². The highest BCUT2D eigenvalue weighted by atomic mass is 32.1. The molecule has 7 heteroatoms. The molecule has 1 aliphatic heterocycles. The molecule has 1 N–H and O–H groups in total. The van der Waals surface area contributed by atoms with Crippen LogP contribution in [-0.2, 0) is 17.8 Å². The number of thiophene rings is 1. The predicted octanol–water partition coefficient (Wildman–Crippen LogP) is 3.40. The quantitative estimate of drug-likeness (QED) is 0.793. The van der Waals surface area contributed by atoms with Crippen molar-refractivity contribution in [3.8, 4) is 5.69 Å². The lowest BCUT2D eigenvalue weighted by Crippen LogP contribution is -2.14. The van der Waals surface area contributed by atoms with E-state index in [-0.39, 0.29) is 11.7 Å². The molecule has 1 aromatic carbocycles. The van der Waals surface area contributed by atoms with Gasteiger partial charge in [-0.05, 0) is 29.8 Å². The molecule has 24 heavy (non-hydrogen) atoms. The van der Waals surface area contributed by atoms with Crippen LogP contribution in [0.5, 0.6) is 0 Å². The lowest BCUT2D eigenvalue weighted by Gasteiger charge is -2.10. The van der Waals surface area contributed by atoms with E-state index in [1.165, 1.54) is 33.0 Å². The van der Waals surface area contributed by atoms with Crippen molar-refractivity contribution < 1.29 is 13.9 Å². The van der Waals surface area contributed by atoms with E-state index in [4.69, 9.17) is 4.74 Å². The lowest BCUT2D eigenvalue weighted by molar-refractivity contribution is 0.102. The van der Waals surface area contributed by atoms with E-state index >= 15 is 0 Å². The molecule has 1 aliphatic rings. The average molecular weight is 343 g/mol. The zero-order valence-electron chi connectivity index (χ0n) is 12.7. The van der Waals surface area contributed by atoms with E-state index in [9.17, 15) is 9.18 Å². The number of aromatic nitrogens is 2. The van der Waals surface area contributed by atoms with Crippen LogP contribution in [0.4, 0.5) is 10.2 Å². The van der Waals surface area contributed by atoms with E-state index in [0.717, 1.165) is 12.0 Å². The molecule has 0 radical (unpaired) electrons. The van der Waals surface area contributed by atoms with Gasteiger partial charge in [0.1, 0.15) is 11.6 Å². The molecule has 0 unspecified atom stereocenters. The highest BCUT2D eigenvalue weighted by molar-refractivity contribution is 7.14. The van der Waals surface area contributed by atoms with Gasteiger partial charge in [-0.3, -0.25) is 4.79 Å². The second kappa shape index (κ2) is 6.18. The monoisotopic (exact) mass is 343 g/mol. The number of carbonyl (C=O) groups excluding carboxylic acids is 1. The molecule has 3 heterocycles. The van der Waals surface area contributed by atoms with Crippen molar-refractivity contribution in [1.82, 2.24) is 9.78 Å². The number of carbonyl (C=O) groups is 1. The van der Waals surface area contributed by atoms with Gasteiger partial charge in [-0.15, -0.1) is 11.3 Å². The molecule has 0 saturated carbocycles. The second-order valence-electron chi connectivity index (χ2n) is 5.42. The fraction of sp³-hybridized carbons (Fsp3) is 0.176. The number of amides is 1. The van der Waals surface area contributed by atoms with Crippen LogP contribution < -0.4 is 5.32 Å². The first kappa shape index (κ1) is 15.0. The minimum Gasteiger partial charge on any atom is -0.376 e. The Morgan fingerprint density at radius 2 is 2.25 bits per heavy atom. The molecule has 4 rings (SSSR count). The maximum absolute atomic E-state index is 13.4. The van der Waals surface area contributed by atoms with Crippen LogP contribution in [0.3, 0.4) is 0 Å². The molecular formula is C17H14FN3O2S. The van der Waals surface area contributed by atoms with Crippen LogP contribution in [0.2, 0.25) is 0 Å². The van der Waals surface area contributed by atoms with E-state index in [0.29, 0.717) is 29.6 Å². The van der Waals surface area contributed by atoms with Crippen molar-refractivity contribution in [1.29, 1.82) is 0 Å². The third-order valence-corrected chi connectivity index (χ3v) is 5.02. The molecule has 0 aliphatic carbocycles. The molecule has 5 nitrogen and oxygen atoms in total. The molecule has 0 fully saturated rings. The van der Waals surface area contributed by atoms with Crippen LogP contribution >= 0.6 is 11.3 Å². The van der Waals surface area contributed by atoms with Crippen LogP contribution in [-0.4, -0.2) is 22.3 Å². The molecule has 0 atom stereocenters. The smallest absolute Gasteiger partial charge is 0.266 e. The Balaban J connectivity index is 1.59. The summed E-state index contributed by atoms with van der Waals surface area (Å²) in [4.78, 5) is 14.4. The molecule has 122 valence electrons. The highest BCUT2D eigenvalue weighted by Gasteiger charge is 2.18. The summed E-state index contributed by atoms with van der Waals surface area (Å²) in [6.45, 7) is 1.25. The van der Waals surface area contributed by atoms with E-state index in [1.54, 1.807) is 24.4 Å². The number of rotatable bonds is 3. The van der Waals surface area contributed by atoms with Gasteiger partial charge in [0.15, 0.2) is 0 Å². The summed E-state index contributed by atoms with van der Waals surface area (Å²) in [6.07, 6.45) is 2.41. The first-order chi connectivity index (χ1) is 11.7. The second-order valence-corrected chi connectivity index (χ2v) is 6.56. The molecule has 3 aromatic rings. The molecule has 0 bridgehead atoms. The highest BCUT2D eigenvalue weighted by Crippen LogP contribution is 2.27. The third-order valence-electron chi connectivity index (χ3n) is 3.79. The maximum Gasteiger partial charge on any atom is 0.266 e. The fourth-order valence-electron chi connectivity index (χ4n) is 2.65. The zero-order chi connectivity index (χ0) is 16.5. The number of hydrogen-bond donors (Lipinski definition) is 1. The van der Waals surface area contributed by atoms with Gasteiger partial charge >= 0.3 is 0 Å². The van der Waals surface area contributed by atoms with Crippen molar-refractivity contribution in [3.05, 3.63) is 63.7 Å². The SMILES string of the molecule is O=C(Nc1ccnn1-c1cccc(F)c1)c1cc2c(s1)CCOC2. The average Bonchev–Trinajstić information content (AvgIpc) is 3.21. The molecule has 2 aromatic heterocycles. The number of nitrogens with zero attached hydrogens (tertiary/aromatic N) is 2. The molecule has 0 saturated heterocycles. The normalized spacial score (nSPS) is 13.5. The summed E-state index contributed by atoms with van der Waals surface area (Å²) in [7, 11) is 0. The van der Waals surface area contributed by atoms with E-state index in [2.05, 4.69) is 10.4 Å². The first-order valence-electron chi connectivity index (χ1n) is 7.51. The Morgan fingerprint density at radius 3 is 3.08 bits per heavy atom. The Labute approximate surface area is 141 Å². The van der Waals surface area contributed by atoms with Gasteiger partial charge in [-0.1, -0.05) is 6.07 Å². The maximum atomic E-state index is 13.4. The van der Waals surface area contributed by atoms with Gasteiger partial charge in [0.25, 0.3) is 5.91 Å². The van der Waals surface area contributed by atoms with Gasteiger partial charge in [-0.2, -0.15) is 5.10 Å². The predicted molar refractivity (Wildman–Crippen MR) is 89.2 cm³/mol. The largest absolute Gasteiger partial charge is 0.376 e.